The normalized spacial score (nSPS) is 10.9. The molecule has 0 unspecified atom stereocenters. The molecule has 0 aliphatic rings. The van der Waals surface area contributed by atoms with E-state index < -0.39 is 28.2 Å². The molecule has 0 bridgehead atoms. The van der Waals surface area contributed by atoms with Gasteiger partial charge in [0.25, 0.3) is 0 Å². The summed E-state index contributed by atoms with van der Waals surface area (Å²) >= 11 is -11.2. The summed E-state index contributed by atoms with van der Waals surface area (Å²) in [7, 11) is 0. The van der Waals surface area contributed by atoms with Crippen LogP contribution in [-0.2, 0) is 17.1 Å². The molecule has 0 aliphatic heterocycles. The van der Waals surface area contributed by atoms with Crippen LogP contribution in [0.15, 0.2) is 0 Å². The Labute approximate surface area is 78.8 Å². The largest absolute Gasteiger partial charge is 2.00 e. The molecule has 11 heteroatoms. The fraction of sp³-hybridized carbons (Fsp3) is 0. The summed E-state index contributed by atoms with van der Waals surface area (Å²) in [5, 5.41) is 0. The van der Waals surface area contributed by atoms with Crippen molar-refractivity contribution < 1.29 is 78.8 Å². The van der Waals surface area contributed by atoms with Gasteiger partial charge in [-0.25, -0.2) is 0 Å². The summed E-state index contributed by atoms with van der Waals surface area (Å²) in [6.45, 7) is 0. The summed E-state index contributed by atoms with van der Waals surface area (Å²) in [5.74, 6) is 0. The molecule has 0 saturated heterocycles. The molecule has 0 amide bonds. The maximum Gasteiger partial charge on any atom is 2.00 e. The molecular formula is Br2CuO8. The summed E-state index contributed by atoms with van der Waals surface area (Å²) in [6, 6.07) is 0. The van der Waals surface area contributed by atoms with Crippen molar-refractivity contribution >= 4 is 0 Å². The average molecular weight is 351 g/mol. The van der Waals surface area contributed by atoms with E-state index in [1.807, 2.05) is 0 Å². The molecule has 0 fully saturated rings. The molecule has 0 N–H and O–H groups in total. The Morgan fingerprint density at radius 2 is 0.455 bits per heavy atom. The van der Waals surface area contributed by atoms with Crippen molar-refractivity contribution in [1.82, 2.24) is 0 Å². The van der Waals surface area contributed by atoms with E-state index in [9.17, 15) is 0 Å². The van der Waals surface area contributed by atoms with Gasteiger partial charge in [-0.1, -0.05) is 0 Å². The number of hydrogen-bond acceptors (Lipinski definition) is 8. The van der Waals surface area contributed by atoms with Crippen molar-refractivity contribution in [3.05, 3.63) is 0 Å². The van der Waals surface area contributed by atoms with Gasteiger partial charge < -0.3 is 0 Å². The van der Waals surface area contributed by atoms with E-state index in [-0.39, 0.29) is 17.1 Å². The second-order valence-electron chi connectivity index (χ2n) is 0.756. The minimum atomic E-state index is -5.62. The molecule has 0 aromatic rings. The van der Waals surface area contributed by atoms with Crippen LogP contribution in [0.2, 0.25) is 0 Å². The summed E-state index contributed by atoms with van der Waals surface area (Å²) in [4.78, 5) is 0. The van der Waals surface area contributed by atoms with Crippen molar-refractivity contribution in [2.45, 2.75) is 0 Å². The second-order valence-corrected chi connectivity index (χ2v) is 3.93. The van der Waals surface area contributed by atoms with Gasteiger partial charge in [0, 0.05) is 0 Å². The molecule has 0 heterocycles. The zero-order valence-corrected chi connectivity index (χ0v) is 8.44. The minimum absolute atomic E-state index is 0. The molecule has 1 radical (unpaired) electrons. The third-order valence-corrected chi connectivity index (χ3v) is 0. The van der Waals surface area contributed by atoms with Gasteiger partial charge >= 0.3 is 17.1 Å². The Kier molecular flexibility index (Phi) is 10.9. The average Bonchev–Trinajstić information content (AvgIpc) is 1.12. The van der Waals surface area contributed by atoms with Crippen LogP contribution in [0.1, 0.15) is 0 Å². The Balaban J connectivity index is -0.000000107. The van der Waals surface area contributed by atoms with Crippen LogP contribution < -0.4 is 33.6 Å². The maximum absolute atomic E-state index is 8.58. The van der Waals surface area contributed by atoms with Crippen molar-refractivity contribution in [3.8, 4) is 0 Å². The van der Waals surface area contributed by atoms with Crippen molar-refractivity contribution in [2.75, 3.05) is 0 Å². The van der Waals surface area contributed by atoms with Crippen LogP contribution in [0.3, 0.4) is 0 Å². The van der Waals surface area contributed by atoms with Gasteiger partial charge in [-0.3, -0.25) is 33.6 Å². The van der Waals surface area contributed by atoms with Crippen molar-refractivity contribution in [2.24, 2.45) is 0 Å². The molecule has 0 rings (SSSR count). The summed E-state index contributed by atoms with van der Waals surface area (Å²) in [5.41, 5.74) is 0. The van der Waals surface area contributed by atoms with E-state index in [4.69, 9.17) is 33.6 Å². The van der Waals surface area contributed by atoms with Crippen molar-refractivity contribution in [1.29, 1.82) is 0 Å². The molecular weight excluding hydrogens is 351 g/mol. The van der Waals surface area contributed by atoms with Crippen LogP contribution >= 0.6 is 0 Å². The maximum atomic E-state index is 8.58. The van der Waals surface area contributed by atoms with Crippen LogP contribution in [0.4, 0.5) is 0 Å². The van der Waals surface area contributed by atoms with Gasteiger partial charge in [-0.05, 0) is 0 Å². The zero-order valence-electron chi connectivity index (χ0n) is 4.32. The van der Waals surface area contributed by atoms with E-state index in [0.29, 0.717) is 0 Å². The molecule has 0 aromatic carbocycles. The second kappa shape index (κ2) is 6.65. The first-order valence-corrected chi connectivity index (χ1v) is 6.41. The van der Waals surface area contributed by atoms with E-state index in [1.165, 1.54) is 0 Å². The van der Waals surface area contributed by atoms with Gasteiger partial charge in [0.1, 0.15) is 0 Å². The molecule has 0 aromatic heterocycles. The quantitative estimate of drug-likeness (QED) is 0.385. The monoisotopic (exact) mass is 349 g/mol. The molecule has 11 heavy (non-hydrogen) atoms. The van der Waals surface area contributed by atoms with Crippen LogP contribution in [0, 0.1) is 28.2 Å². The topological polar surface area (TPSA) is 184 Å². The third-order valence-electron chi connectivity index (χ3n) is 0. The Hall–Kier alpha value is 1.16. The first-order valence-electron chi connectivity index (χ1n) is 1.23. The third kappa shape index (κ3) is 696. The summed E-state index contributed by atoms with van der Waals surface area (Å²) < 4.78 is 68.6. The number of rotatable bonds is 0. The minimum Gasteiger partial charge on any atom is -0.264 e. The van der Waals surface area contributed by atoms with E-state index in [1.54, 1.807) is 0 Å². The standard InChI is InChI=1S/2BrO4.Cu/c2*2-1(3,4)5;/q2*-1;+2. The molecule has 0 atom stereocenters. The Morgan fingerprint density at radius 1 is 0.455 bits per heavy atom. The van der Waals surface area contributed by atoms with E-state index >= 15 is 0 Å². The van der Waals surface area contributed by atoms with Gasteiger partial charge in [-0.2, -0.15) is 0 Å². The van der Waals surface area contributed by atoms with Gasteiger partial charge in [0.2, 0.25) is 0 Å². The van der Waals surface area contributed by atoms with Crippen molar-refractivity contribution in [3.63, 3.8) is 0 Å². The molecule has 73 valence electrons. The summed E-state index contributed by atoms with van der Waals surface area (Å²) in [6.07, 6.45) is 0. The Bertz CT molecular complexity index is 55.1. The first kappa shape index (κ1) is 18.0. The predicted octanol–water partition coefficient (Wildman–Crippen LogP) is -9.51. The first-order chi connectivity index (χ1) is 4.00. The zero-order chi connectivity index (χ0) is 9.00. The fourth-order valence-electron chi connectivity index (χ4n) is 0. The van der Waals surface area contributed by atoms with E-state index in [0.717, 1.165) is 0 Å². The van der Waals surface area contributed by atoms with Crippen LogP contribution in [0.5, 0.6) is 0 Å². The van der Waals surface area contributed by atoms with Crippen LogP contribution in [0.25, 0.3) is 0 Å². The molecule has 0 saturated carbocycles. The Morgan fingerprint density at radius 3 is 0.455 bits per heavy atom. The smallest absolute Gasteiger partial charge is 0.264 e. The fourth-order valence-corrected chi connectivity index (χ4v) is 0. The number of hydrogen-bond donors (Lipinski definition) is 0. The van der Waals surface area contributed by atoms with Gasteiger partial charge in [0.05, 0.1) is 28.2 Å². The van der Waals surface area contributed by atoms with Crippen LogP contribution in [-0.4, -0.2) is 0 Å². The molecule has 0 aliphatic carbocycles. The van der Waals surface area contributed by atoms with E-state index in [2.05, 4.69) is 0 Å². The predicted molar refractivity (Wildman–Crippen MR) is 0 cm³/mol. The number of halogens is 2. The molecule has 0 spiro atoms. The van der Waals surface area contributed by atoms with Gasteiger partial charge in [-0.15, -0.1) is 0 Å². The van der Waals surface area contributed by atoms with Gasteiger partial charge in [0.15, 0.2) is 0 Å². The molecule has 8 nitrogen and oxygen atoms in total. The SMILES string of the molecule is [Cu+2].[O-][Br+3]([O-])([O-])[O-].[O-][Br+3]([O-])([O-])[O-].